The van der Waals surface area contributed by atoms with E-state index in [4.69, 9.17) is 9.47 Å². The van der Waals surface area contributed by atoms with Crippen LogP contribution in [0.4, 0.5) is 10.5 Å². The van der Waals surface area contributed by atoms with Gasteiger partial charge in [-0.25, -0.2) is 4.79 Å². The fourth-order valence-electron chi connectivity index (χ4n) is 7.44. The van der Waals surface area contributed by atoms with E-state index in [1.54, 1.807) is 7.11 Å². The van der Waals surface area contributed by atoms with Gasteiger partial charge in [-0.15, -0.1) is 0 Å². The second-order valence-electron chi connectivity index (χ2n) is 14.0. The van der Waals surface area contributed by atoms with Gasteiger partial charge in [-0.05, 0) is 118 Å². The number of methoxy groups -OCH3 is 1. The molecule has 0 unspecified atom stereocenters. The lowest BCUT2D eigenvalue weighted by atomic mass is 9.78. The Morgan fingerprint density at radius 1 is 0.958 bits per heavy atom. The Morgan fingerprint density at radius 2 is 1.71 bits per heavy atom. The van der Waals surface area contributed by atoms with Crippen LogP contribution in [0.15, 0.2) is 54.9 Å². The van der Waals surface area contributed by atoms with Gasteiger partial charge in [0.1, 0.15) is 11.9 Å². The lowest BCUT2D eigenvalue weighted by Gasteiger charge is -2.36. The number of carbonyl (C=O) groups is 2. The highest BCUT2D eigenvalue weighted by Crippen LogP contribution is 2.40. The van der Waals surface area contributed by atoms with Crippen molar-refractivity contribution in [2.24, 2.45) is 11.8 Å². The molecule has 0 atom stereocenters. The topological polar surface area (TPSA) is 126 Å². The van der Waals surface area contributed by atoms with Crippen LogP contribution in [0.3, 0.4) is 0 Å². The summed E-state index contributed by atoms with van der Waals surface area (Å²) in [5.41, 5.74) is 5.57. The monoisotopic (exact) mass is 658 g/mol. The molecule has 258 valence electrons. The first kappa shape index (κ1) is 34.0. The number of benzene rings is 2. The molecular formula is C38H50N4O6. The summed E-state index contributed by atoms with van der Waals surface area (Å²) in [5.74, 6) is 1.82. The summed E-state index contributed by atoms with van der Waals surface area (Å²) in [7, 11) is 1.71. The van der Waals surface area contributed by atoms with Crippen molar-refractivity contribution >= 4 is 17.7 Å². The minimum Gasteiger partial charge on any atom is -0.496 e. The number of anilines is 1. The first-order valence-corrected chi connectivity index (χ1v) is 17.6. The van der Waals surface area contributed by atoms with Crippen LogP contribution in [0.2, 0.25) is 0 Å². The van der Waals surface area contributed by atoms with E-state index in [0.717, 1.165) is 53.8 Å². The molecule has 0 aliphatic heterocycles. The number of hydrogen-bond donors (Lipinski definition) is 3. The average molecular weight is 659 g/mol. The quantitative estimate of drug-likeness (QED) is 0.213. The van der Waals surface area contributed by atoms with Crippen LogP contribution in [0.25, 0.3) is 11.1 Å². The first-order valence-electron chi connectivity index (χ1n) is 17.6. The SMILES string of the molecule is COc1ccc([C@H]2CC[C@H](CN(c3cccc(-c4cnn(C5CC5)c4)c3)C(=O)[C@H]3CC[C@H](OC(=O)NC(CO)CO)CC3)CC2)cc1C. The van der Waals surface area contributed by atoms with E-state index in [1.165, 1.54) is 18.4 Å². The van der Waals surface area contributed by atoms with E-state index < -0.39 is 12.1 Å². The Hall–Kier alpha value is -3.89. The van der Waals surface area contributed by atoms with Crippen molar-refractivity contribution in [1.82, 2.24) is 15.1 Å². The van der Waals surface area contributed by atoms with Gasteiger partial charge in [-0.1, -0.05) is 24.3 Å². The van der Waals surface area contributed by atoms with E-state index in [9.17, 15) is 19.8 Å². The molecule has 2 amide bonds. The minimum absolute atomic E-state index is 0.136. The predicted octanol–water partition coefficient (Wildman–Crippen LogP) is 6.15. The fraction of sp³-hybridized carbons (Fsp3) is 0.553. The van der Waals surface area contributed by atoms with Crippen LogP contribution in [0.1, 0.15) is 87.3 Å². The fourth-order valence-corrected chi connectivity index (χ4v) is 7.44. The number of aromatic nitrogens is 2. The first-order chi connectivity index (χ1) is 23.3. The maximum atomic E-state index is 14.4. The summed E-state index contributed by atoms with van der Waals surface area (Å²) >= 11 is 0. The summed E-state index contributed by atoms with van der Waals surface area (Å²) < 4.78 is 13.1. The molecule has 1 heterocycles. The largest absolute Gasteiger partial charge is 0.496 e. The predicted molar refractivity (Wildman–Crippen MR) is 184 cm³/mol. The number of aliphatic hydroxyl groups excluding tert-OH is 2. The Balaban J connectivity index is 1.14. The second-order valence-corrected chi connectivity index (χ2v) is 14.0. The Kier molecular flexibility index (Phi) is 11.0. The van der Waals surface area contributed by atoms with E-state index in [2.05, 4.69) is 64.6 Å². The summed E-state index contributed by atoms with van der Waals surface area (Å²) in [6.45, 7) is 2.05. The summed E-state index contributed by atoms with van der Waals surface area (Å²) in [5, 5.41) is 25.6. The molecule has 2 aromatic carbocycles. The number of hydrogen-bond acceptors (Lipinski definition) is 7. The number of carbonyl (C=O) groups excluding carboxylic acids is 2. The number of nitrogens with zero attached hydrogens (tertiary/aromatic N) is 3. The van der Waals surface area contributed by atoms with Crippen molar-refractivity contribution in [2.75, 3.05) is 31.8 Å². The molecule has 10 nitrogen and oxygen atoms in total. The molecule has 3 fully saturated rings. The van der Waals surface area contributed by atoms with Gasteiger partial charge < -0.3 is 29.9 Å². The van der Waals surface area contributed by atoms with Crippen molar-refractivity contribution in [2.45, 2.75) is 95.2 Å². The third-order valence-corrected chi connectivity index (χ3v) is 10.5. The Bertz CT molecular complexity index is 1530. The van der Waals surface area contributed by atoms with Gasteiger partial charge in [0.05, 0.1) is 38.6 Å². The zero-order valence-electron chi connectivity index (χ0n) is 28.2. The summed E-state index contributed by atoms with van der Waals surface area (Å²) in [4.78, 5) is 28.7. The molecule has 3 aliphatic carbocycles. The van der Waals surface area contributed by atoms with Crippen LogP contribution in [-0.4, -0.2) is 71.0 Å². The molecule has 3 aliphatic rings. The molecule has 6 rings (SSSR count). The number of nitrogens with one attached hydrogen (secondary N) is 1. The maximum absolute atomic E-state index is 14.4. The van der Waals surface area contributed by atoms with Gasteiger partial charge in [0.15, 0.2) is 0 Å². The third kappa shape index (κ3) is 8.21. The van der Waals surface area contributed by atoms with Gasteiger partial charge in [-0.2, -0.15) is 5.10 Å². The van der Waals surface area contributed by atoms with E-state index in [0.29, 0.717) is 50.1 Å². The van der Waals surface area contributed by atoms with Gasteiger partial charge in [0.25, 0.3) is 0 Å². The number of amides is 2. The lowest BCUT2D eigenvalue weighted by molar-refractivity contribution is -0.124. The minimum atomic E-state index is -0.752. The third-order valence-electron chi connectivity index (χ3n) is 10.5. The van der Waals surface area contributed by atoms with Crippen molar-refractivity contribution in [1.29, 1.82) is 0 Å². The summed E-state index contributed by atoms with van der Waals surface area (Å²) in [6.07, 6.45) is 12.2. The van der Waals surface area contributed by atoms with Crippen molar-refractivity contribution in [3.63, 3.8) is 0 Å². The van der Waals surface area contributed by atoms with Crippen LogP contribution in [0, 0.1) is 18.8 Å². The Morgan fingerprint density at radius 3 is 2.38 bits per heavy atom. The number of aryl methyl sites for hydroxylation is 1. The van der Waals surface area contributed by atoms with Gasteiger partial charge in [-0.3, -0.25) is 9.48 Å². The molecule has 3 saturated carbocycles. The molecule has 0 saturated heterocycles. The lowest BCUT2D eigenvalue weighted by Crippen LogP contribution is -2.44. The van der Waals surface area contributed by atoms with Crippen molar-refractivity contribution in [3.05, 3.63) is 66.0 Å². The zero-order chi connectivity index (χ0) is 33.6. The van der Waals surface area contributed by atoms with Gasteiger partial charge >= 0.3 is 6.09 Å². The molecule has 48 heavy (non-hydrogen) atoms. The highest BCUT2D eigenvalue weighted by molar-refractivity contribution is 5.95. The molecule has 0 bridgehead atoms. The van der Waals surface area contributed by atoms with Crippen molar-refractivity contribution in [3.8, 4) is 16.9 Å². The van der Waals surface area contributed by atoms with Crippen LogP contribution >= 0.6 is 0 Å². The van der Waals surface area contributed by atoms with Crippen LogP contribution < -0.4 is 15.0 Å². The molecule has 0 spiro atoms. The number of rotatable bonds is 12. The molecule has 3 aromatic rings. The smallest absolute Gasteiger partial charge is 0.407 e. The maximum Gasteiger partial charge on any atom is 0.407 e. The molecule has 3 N–H and O–H groups in total. The molecule has 10 heteroatoms. The van der Waals surface area contributed by atoms with Crippen LogP contribution in [0.5, 0.6) is 5.75 Å². The molecular weight excluding hydrogens is 608 g/mol. The molecule has 0 radical (unpaired) electrons. The number of aliphatic hydroxyl groups is 2. The van der Waals surface area contributed by atoms with Gasteiger partial charge in [0, 0.05) is 29.9 Å². The number of alkyl carbamates (subject to hydrolysis) is 1. The standard InChI is InChI=1S/C38H50N4O6/c1-25-18-30(12-17-36(25)47-2)27-8-6-26(7-9-27)21-41(34-5-3-4-29(19-34)31-20-39-42(22-31)33-13-14-33)37(45)28-10-15-35(16-11-28)48-38(46)40-32(23-43)24-44/h3-5,12,17-20,22,26-28,32-33,35,43-44H,6-11,13-16,21,23-24H2,1-2H3,(H,40,46)/t26-,27-,28-,35-. The molecule has 1 aromatic heterocycles. The normalized spacial score (nSPS) is 22.7. The van der Waals surface area contributed by atoms with E-state index >= 15 is 0 Å². The van der Waals surface area contributed by atoms with Crippen LogP contribution in [-0.2, 0) is 9.53 Å². The number of ether oxygens (including phenoxy) is 2. The second kappa shape index (κ2) is 15.6. The Labute approximate surface area is 283 Å². The average Bonchev–Trinajstić information content (AvgIpc) is 3.85. The highest BCUT2D eigenvalue weighted by Gasteiger charge is 2.34. The van der Waals surface area contributed by atoms with E-state index in [-0.39, 0.29) is 31.1 Å². The highest BCUT2D eigenvalue weighted by atomic mass is 16.6. The van der Waals surface area contributed by atoms with E-state index in [1.807, 2.05) is 17.2 Å². The van der Waals surface area contributed by atoms with Crippen molar-refractivity contribution < 1.29 is 29.3 Å². The summed E-state index contributed by atoms with van der Waals surface area (Å²) in [6, 6.07) is 14.6. The van der Waals surface area contributed by atoms with Gasteiger partial charge in [0.2, 0.25) is 5.91 Å². The zero-order valence-corrected chi connectivity index (χ0v) is 28.2.